The molecule has 3 N–H and O–H groups in total. The fraction of sp³-hybridized carbons (Fsp3) is 0.100. The van der Waals surface area contributed by atoms with Gasteiger partial charge in [0.15, 0.2) is 0 Å². The maximum Gasteiger partial charge on any atom is 0.336 e. The highest BCUT2D eigenvalue weighted by atomic mass is 16.4. The number of carboxylic acids is 1. The molecular formula is C10H11NO2. The van der Waals surface area contributed by atoms with E-state index in [2.05, 4.69) is 0 Å². The first-order chi connectivity index (χ1) is 6.16. The summed E-state index contributed by atoms with van der Waals surface area (Å²) >= 11 is 0. The zero-order chi connectivity index (χ0) is 9.84. The first-order valence-corrected chi connectivity index (χ1v) is 3.91. The molecule has 0 spiro atoms. The minimum absolute atomic E-state index is 0.234. The summed E-state index contributed by atoms with van der Waals surface area (Å²) in [5.74, 6) is -0.958. The molecule has 0 saturated heterocycles. The lowest BCUT2D eigenvalue weighted by molar-refractivity contribution is 0.0696. The van der Waals surface area contributed by atoms with Crippen molar-refractivity contribution in [2.45, 2.75) is 6.92 Å². The van der Waals surface area contributed by atoms with E-state index in [-0.39, 0.29) is 5.56 Å². The average Bonchev–Trinajstić information content (AvgIpc) is 2.08. The molecule has 0 heterocycles. The van der Waals surface area contributed by atoms with Crippen LogP contribution in [0.4, 0.5) is 5.69 Å². The fourth-order valence-corrected chi connectivity index (χ4v) is 1.12. The average molecular weight is 177 g/mol. The highest BCUT2D eigenvalue weighted by molar-refractivity contribution is 5.94. The SMILES string of the molecule is C/C=C\c1c(N)cccc1C(=O)O. The molecule has 0 unspecified atom stereocenters. The Morgan fingerprint density at radius 2 is 2.23 bits per heavy atom. The van der Waals surface area contributed by atoms with Crippen LogP contribution in [0.25, 0.3) is 6.08 Å². The van der Waals surface area contributed by atoms with E-state index in [4.69, 9.17) is 10.8 Å². The quantitative estimate of drug-likeness (QED) is 0.679. The number of allylic oxidation sites excluding steroid dienone is 1. The largest absolute Gasteiger partial charge is 0.478 e. The van der Waals surface area contributed by atoms with Crippen LogP contribution in [-0.2, 0) is 0 Å². The Balaban J connectivity index is 3.33. The Hall–Kier alpha value is -1.77. The summed E-state index contributed by atoms with van der Waals surface area (Å²) in [5, 5.41) is 8.83. The summed E-state index contributed by atoms with van der Waals surface area (Å²) in [4.78, 5) is 10.8. The molecule has 0 aliphatic carbocycles. The van der Waals surface area contributed by atoms with Crippen LogP contribution in [0.3, 0.4) is 0 Å². The van der Waals surface area contributed by atoms with Crippen LogP contribution in [0, 0.1) is 0 Å². The van der Waals surface area contributed by atoms with E-state index >= 15 is 0 Å². The molecule has 68 valence electrons. The van der Waals surface area contributed by atoms with Gasteiger partial charge in [-0.15, -0.1) is 0 Å². The second-order valence-electron chi connectivity index (χ2n) is 2.61. The third-order valence-electron chi connectivity index (χ3n) is 1.70. The van der Waals surface area contributed by atoms with Gasteiger partial charge in [0.25, 0.3) is 0 Å². The Morgan fingerprint density at radius 1 is 1.54 bits per heavy atom. The number of carbonyl (C=O) groups is 1. The number of hydrogen-bond donors (Lipinski definition) is 2. The first kappa shape index (κ1) is 9.32. The van der Waals surface area contributed by atoms with Gasteiger partial charge in [0.05, 0.1) is 5.56 Å². The van der Waals surface area contributed by atoms with E-state index in [0.29, 0.717) is 11.3 Å². The number of carboxylic acid groups (broad SMARTS) is 1. The molecule has 1 aromatic carbocycles. The van der Waals surface area contributed by atoms with Crippen LogP contribution in [-0.4, -0.2) is 11.1 Å². The van der Waals surface area contributed by atoms with Crippen molar-refractivity contribution >= 4 is 17.7 Å². The summed E-state index contributed by atoms with van der Waals surface area (Å²) in [6.45, 7) is 1.82. The monoisotopic (exact) mass is 177 g/mol. The number of nitrogen functional groups attached to an aromatic ring is 1. The predicted octanol–water partition coefficient (Wildman–Crippen LogP) is 2.00. The van der Waals surface area contributed by atoms with E-state index in [0.717, 1.165) is 0 Å². The molecule has 0 aromatic heterocycles. The minimum Gasteiger partial charge on any atom is -0.478 e. The van der Waals surface area contributed by atoms with Gasteiger partial charge in [-0.3, -0.25) is 0 Å². The van der Waals surface area contributed by atoms with Crippen molar-refractivity contribution in [2.75, 3.05) is 5.73 Å². The van der Waals surface area contributed by atoms with Crippen molar-refractivity contribution < 1.29 is 9.90 Å². The summed E-state index contributed by atoms with van der Waals surface area (Å²) in [6.07, 6.45) is 3.46. The molecule has 1 rings (SSSR count). The van der Waals surface area contributed by atoms with Crippen LogP contribution < -0.4 is 5.73 Å². The maximum atomic E-state index is 10.8. The Kier molecular flexibility index (Phi) is 2.69. The van der Waals surface area contributed by atoms with Crippen molar-refractivity contribution in [2.24, 2.45) is 0 Å². The third kappa shape index (κ3) is 1.87. The molecule has 0 aliphatic heterocycles. The summed E-state index contributed by atoms with van der Waals surface area (Å²) in [7, 11) is 0. The maximum absolute atomic E-state index is 10.8. The van der Waals surface area contributed by atoms with Gasteiger partial charge in [-0.25, -0.2) is 4.79 Å². The van der Waals surface area contributed by atoms with Gasteiger partial charge in [0, 0.05) is 11.3 Å². The third-order valence-corrected chi connectivity index (χ3v) is 1.70. The fourth-order valence-electron chi connectivity index (χ4n) is 1.12. The Bertz CT molecular complexity index is 356. The molecule has 0 saturated carbocycles. The minimum atomic E-state index is -0.958. The molecule has 0 fully saturated rings. The predicted molar refractivity (Wildman–Crippen MR) is 52.5 cm³/mol. The van der Waals surface area contributed by atoms with Gasteiger partial charge in [0.1, 0.15) is 0 Å². The normalized spacial score (nSPS) is 10.5. The molecule has 1 aromatic rings. The molecular weight excluding hydrogens is 166 g/mol. The van der Waals surface area contributed by atoms with E-state index in [1.54, 1.807) is 24.3 Å². The molecule has 0 aliphatic rings. The molecule has 0 amide bonds. The van der Waals surface area contributed by atoms with Gasteiger partial charge in [-0.05, 0) is 19.1 Å². The van der Waals surface area contributed by atoms with Crippen LogP contribution >= 0.6 is 0 Å². The Morgan fingerprint density at radius 3 is 2.77 bits per heavy atom. The van der Waals surface area contributed by atoms with Crippen LogP contribution in [0.2, 0.25) is 0 Å². The number of nitrogens with two attached hydrogens (primary N) is 1. The highest BCUT2D eigenvalue weighted by Crippen LogP contribution is 2.18. The van der Waals surface area contributed by atoms with Crippen molar-refractivity contribution in [3.63, 3.8) is 0 Å². The first-order valence-electron chi connectivity index (χ1n) is 3.91. The van der Waals surface area contributed by atoms with E-state index in [1.807, 2.05) is 6.92 Å². The number of rotatable bonds is 2. The lowest BCUT2D eigenvalue weighted by Gasteiger charge is -2.03. The number of anilines is 1. The van der Waals surface area contributed by atoms with Crippen molar-refractivity contribution in [1.82, 2.24) is 0 Å². The lowest BCUT2D eigenvalue weighted by Crippen LogP contribution is -2.02. The standard InChI is InChI=1S/C10H11NO2/c1-2-4-7-8(10(12)13)5-3-6-9(7)11/h2-6H,11H2,1H3,(H,12,13)/b4-2-. The number of benzene rings is 1. The van der Waals surface area contributed by atoms with Crippen molar-refractivity contribution in [1.29, 1.82) is 0 Å². The summed E-state index contributed by atoms with van der Waals surface area (Å²) < 4.78 is 0. The molecule has 3 nitrogen and oxygen atoms in total. The van der Waals surface area contributed by atoms with Gasteiger partial charge in [0.2, 0.25) is 0 Å². The smallest absolute Gasteiger partial charge is 0.336 e. The topological polar surface area (TPSA) is 63.3 Å². The number of hydrogen-bond acceptors (Lipinski definition) is 2. The van der Waals surface area contributed by atoms with E-state index < -0.39 is 5.97 Å². The van der Waals surface area contributed by atoms with E-state index in [1.165, 1.54) is 6.07 Å². The van der Waals surface area contributed by atoms with Crippen LogP contribution in [0.5, 0.6) is 0 Å². The summed E-state index contributed by atoms with van der Waals surface area (Å²) in [6, 6.07) is 4.85. The molecule has 3 heteroatoms. The molecule has 13 heavy (non-hydrogen) atoms. The van der Waals surface area contributed by atoms with Gasteiger partial charge in [-0.1, -0.05) is 18.2 Å². The second-order valence-corrected chi connectivity index (χ2v) is 2.61. The highest BCUT2D eigenvalue weighted by Gasteiger charge is 2.08. The van der Waals surface area contributed by atoms with E-state index in [9.17, 15) is 4.79 Å². The van der Waals surface area contributed by atoms with Crippen LogP contribution in [0.1, 0.15) is 22.8 Å². The zero-order valence-corrected chi connectivity index (χ0v) is 7.32. The lowest BCUT2D eigenvalue weighted by atomic mass is 10.1. The van der Waals surface area contributed by atoms with Crippen molar-refractivity contribution in [3.05, 3.63) is 35.4 Å². The van der Waals surface area contributed by atoms with Gasteiger partial charge < -0.3 is 10.8 Å². The van der Waals surface area contributed by atoms with Gasteiger partial charge >= 0.3 is 5.97 Å². The Labute approximate surface area is 76.5 Å². The molecule has 0 radical (unpaired) electrons. The second kappa shape index (κ2) is 3.76. The summed E-state index contributed by atoms with van der Waals surface area (Å²) in [5.41, 5.74) is 6.92. The molecule has 0 atom stereocenters. The van der Waals surface area contributed by atoms with Crippen LogP contribution in [0.15, 0.2) is 24.3 Å². The molecule has 0 bridgehead atoms. The van der Waals surface area contributed by atoms with Gasteiger partial charge in [-0.2, -0.15) is 0 Å². The number of aromatic carboxylic acids is 1. The zero-order valence-electron chi connectivity index (χ0n) is 7.32. The van der Waals surface area contributed by atoms with Crippen molar-refractivity contribution in [3.8, 4) is 0 Å².